The predicted octanol–water partition coefficient (Wildman–Crippen LogP) is 7.39. The number of carbonyl (C=O) groups is 2. The van der Waals surface area contributed by atoms with Crippen LogP contribution < -0.4 is 5.32 Å². The van der Waals surface area contributed by atoms with Gasteiger partial charge in [0.25, 0.3) is 0 Å². The smallest absolute Gasteiger partial charge is 0.412 e. The number of fused-ring (bicyclic) bond motifs is 3. The molecule has 0 spiro atoms. The standard InChI is InChI=1S/C30H28N2O5/c1-19-11-10-15-22(31-29(34)37-30(2,3)4)26(19)32-23(28(33)35-18-20-12-6-5-7-13-20)17-25-27(32)21-14-8-9-16-24(21)36-25/h5-17H,18H2,1-4H3,(H,31,34). The van der Waals surface area contributed by atoms with E-state index in [2.05, 4.69) is 5.32 Å². The summed E-state index contributed by atoms with van der Waals surface area (Å²) in [7, 11) is 0. The minimum atomic E-state index is -0.665. The molecular weight excluding hydrogens is 468 g/mol. The van der Waals surface area contributed by atoms with Crippen LogP contribution in [0.2, 0.25) is 0 Å². The van der Waals surface area contributed by atoms with Crippen molar-refractivity contribution in [3.05, 3.63) is 95.7 Å². The van der Waals surface area contributed by atoms with E-state index in [9.17, 15) is 9.59 Å². The summed E-state index contributed by atoms with van der Waals surface area (Å²) in [6, 6.07) is 24.4. The van der Waals surface area contributed by atoms with E-state index in [1.165, 1.54) is 0 Å². The van der Waals surface area contributed by atoms with Gasteiger partial charge in [-0.25, -0.2) is 9.59 Å². The fourth-order valence-corrected chi connectivity index (χ4v) is 4.34. The Labute approximate surface area is 214 Å². The molecule has 0 aliphatic heterocycles. The summed E-state index contributed by atoms with van der Waals surface area (Å²) in [5.74, 6) is -0.509. The molecule has 0 fully saturated rings. The van der Waals surface area contributed by atoms with Crippen molar-refractivity contribution in [3.63, 3.8) is 0 Å². The van der Waals surface area contributed by atoms with Gasteiger partial charge in [0.15, 0.2) is 5.58 Å². The molecule has 3 aromatic carbocycles. The summed E-state index contributed by atoms with van der Waals surface area (Å²) in [5, 5.41) is 3.70. The molecule has 7 nitrogen and oxygen atoms in total. The van der Waals surface area contributed by atoms with Crippen LogP contribution in [0.15, 0.2) is 83.3 Å². The van der Waals surface area contributed by atoms with Crippen molar-refractivity contribution in [2.45, 2.75) is 39.9 Å². The van der Waals surface area contributed by atoms with Gasteiger partial charge in [-0.15, -0.1) is 0 Å². The molecule has 1 N–H and O–H groups in total. The van der Waals surface area contributed by atoms with Gasteiger partial charge in [0.05, 0.1) is 11.4 Å². The summed E-state index contributed by atoms with van der Waals surface area (Å²) in [6.07, 6.45) is -0.590. The van der Waals surface area contributed by atoms with Gasteiger partial charge >= 0.3 is 12.1 Å². The third-order valence-corrected chi connectivity index (χ3v) is 5.85. The molecule has 0 radical (unpaired) electrons. The third-order valence-electron chi connectivity index (χ3n) is 5.85. The van der Waals surface area contributed by atoms with Gasteiger partial charge in [-0.1, -0.05) is 54.6 Å². The number of para-hydroxylation sites is 2. The largest absolute Gasteiger partial charge is 0.456 e. The molecule has 0 saturated carbocycles. The monoisotopic (exact) mass is 496 g/mol. The molecular formula is C30H28N2O5. The lowest BCUT2D eigenvalue weighted by Gasteiger charge is -2.22. The fourth-order valence-electron chi connectivity index (χ4n) is 4.34. The summed E-state index contributed by atoms with van der Waals surface area (Å²) in [6.45, 7) is 7.46. The molecule has 5 aromatic rings. The molecule has 188 valence electrons. The molecule has 0 bridgehead atoms. The van der Waals surface area contributed by atoms with E-state index >= 15 is 0 Å². The number of nitrogens with one attached hydrogen (secondary N) is 1. The van der Waals surface area contributed by atoms with E-state index < -0.39 is 17.7 Å². The Morgan fingerprint density at radius 1 is 0.919 bits per heavy atom. The number of hydrogen-bond donors (Lipinski definition) is 1. The Morgan fingerprint density at radius 2 is 1.65 bits per heavy atom. The van der Waals surface area contributed by atoms with E-state index in [0.717, 1.165) is 16.5 Å². The fraction of sp³-hybridized carbons (Fsp3) is 0.200. The van der Waals surface area contributed by atoms with Crippen LogP contribution in [0, 0.1) is 6.92 Å². The second-order valence-electron chi connectivity index (χ2n) is 9.84. The zero-order valence-electron chi connectivity index (χ0n) is 21.2. The van der Waals surface area contributed by atoms with Crippen LogP contribution in [0.3, 0.4) is 0 Å². The molecule has 37 heavy (non-hydrogen) atoms. The number of aryl methyl sites for hydroxylation is 1. The lowest BCUT2D eigenvalue weighted by atomic mass is 10.1. The maximum Gasteiger partial charge on any atom is 0.412 e. The molecule has 0 saturated heterocycles. The molecule has 0 aliphatic carbocycles. The first kappa shape index (κ1) is 24.2. The first-order valence-corrected chi connectivity index (χ1v) is 12.1. The predicted molar refractivity (Wildman–Crippen MR) is 143 cm³/mol. The Balaban J connectivity index is 1.65. The zero-order valence-corrected chi connectivity index (χ0v) is 21.2. The van der Waals surface area contributed by atoms with Gasteiger partial charge in [-0.3, -0.25) is 9.88 Å². The van der Waals surface area contributed by atoms with Gasteiger partial charge in [-0.05, 0) is 57.0 Å². The van der Waals surface area contributed by atoms with Gasteiger partial charge in [0.1, 0.15) is 29.0 Å². The van der Waals surface area contributed by atoms with E-state index in [-0.39, 0.29) is 12.3 Å². The Bertz CT molecular complexity index is 1610. The molecule has 0 atom stereocenters. The number of carbonyl (C=O) groups excluding carboxylic acids is 2. The minimum Gasteiger partial charge on any atom is -0.456 e. The molecule has 1 amide bonds. The summed E-state index contributed by atoms with van der Waals surface area (Å²) >= 11 is 0. The van der Waals surface area contributed by atoms with Crippen LogP contribution in [-0.4, -0.2) is 22.2 Å². The lowest BCUT2D eigenvalue weighted by Crippen LogP contribution is -2.27. The maximum absolute atomic E-state index is 13.5. The Morgan fingerprint density at radius 3 is 2.41 bits per heavy atom. The van der Waals surface area contributed by atoms with Gasteiger partial charge in [-0.2, -0.15) is 0 Å². The minimum absolute atomic E-state index is 0.129. The quantitative estimate of drug-likeness (QED) is 0.257. The van der Waals surface area contributed by atoms with E-state index in [1.54, 1.807) is 37.5 Å². The van der Waals surface area contributed by atoms with Crippen molar-refractivity contribution < 1.29 is 23.5 Å². The van der Waals surface area contributed by atoms with Crippen molar-refractivity contribution in [2.24, 2.45) is 0 Å². The number of amides is 1. The lowest BCUT2D eigenvalue weighted by molar-refractivity contribution is 0.0463. The van der Waals surface area contributed by atoms with Crippen LogP contribution in [0.1, 0.15) is 42.4 Å². The second kappa shape index (κ2) is 9.50. The molecule has 0 unspecified atom stereocenters. The van der Waals surface area contributed by atoms with Crippen LogP contribution in [0.25, 0.3) is 27.8 Å². The third kappa shape index (κ3) is 4.93. The highest BCUT2D eigenvalue weighted by atomic mass is 16.6. The highest BCUT2D eigenvalue weighted by Gasteiger charge is 2.26. The van der Waals surface area contributed by atoms with Gasteiger partial charge in [0.2, 0.25) is 0 Å². The summed E-state index contributed by atoms with van der Waals surface area (Å²) in [4.78, 5) is 26.2. The number of aromatic nitrogens is 1. The molecule has 5 rings (SSSR count). The number of hydrogen-bond acceptors (Lipinski definition) is 5. The van der Waals surface area contributed by atoms with E-state index in [0.29, 0.717) is 28.1 Å². The Kier molecular flexibility index (Phi) is 6.21. The van der Waals surface area contributed by atoms with Crippen LogP contribution >= 0.6 is 0 Å². The topological polar surface area (TPSA) is 82.7 Å². The van der Waals surface area contributed by atoms with E-state index in [4.69, 9.17) is 13.9 Å². The Hall–Kier alpha value is -4.52. The molecule has 2 aromatic heterocycles. The number of rotatable bonds is 5. The average molecular weight is 497 g/mol. The van der Waals surface area contributed by atoms with Crippen molar-refractivity contribution in [1.82, 2.24) is 4.57 Å². The maximum atomic E-state index is 13.5. The summed E-state index contributed by atoms with van der Waals surface area (Å²) in [5.41, 5.74) is 4.42. The first-order valence-electron chi connectivity index (χ1n) is 12.1. The first-order chi connectivity index (χ1) is 17.7. The van der Waals surface area contributed by atoms with Gasteiger partial charge in [0, 0.05) is 11.5 Å². The van der Waals surface area contributed by atoms with Gasteiger partial charge < -0.3 is 13.9 Å². The van der Waals surface area contributed by atoms with Crippen LogP contribution in [0.5, 0.6) is 0 Å². The van der Waals surface area contributed by atoms with E-state index in [1.807, 2.05) is 73.7 Å². The SMILES string of the molecule is Cc1cccc(NC(=O)OC(C)(C)C)c1-n1c(C(=O)OCc2ccccc2)cc2oc3ccccc3c21. The highest BCUT2D eigenvalue weighted by molar-refractivity contribution is 6.08. The number of benzene rings is 3. The number of nitrogens with zero attached hydrogens (tertiary/aromatic N) is 1. The molecule has 2 heterocycles. The van der Waals surface area contributed by atoms with Crippen molar-refractivity contribution >= 4 is 39.8 Å². The van der Waals surface area contributed by atoms with Crippen molar-refractivity contribution in [1.29, 1.82) is 0 Å². The highest BCUT2D eigenvalue weighted by Crippen LogP contribution is 2.37. The zero-order chi connectivity index (χ0) is 26.2. The number of esters is 1. The average Bonchev–Trinajstić information content (AvgIpc) is 3.39. The molecule has 7 heteroatoms. The summed E-state index contributed by atoms with van der Waals surface area (Å²) < 4.78 is 19.1. The van der Waals surface area contributed by atoms with Crippen LogP contribution in [-0.2, 0) is 16.1 Å². The second-order valence-corrected chi connectivity index (χ2v) is 9.84. The number of ether oxygens (including phenoxy) is 2. The van der Waals surface area contributed by atoms with Crippen LogP contribution in [0.4, 0.5) is 10.5 Å². The number of furan rings is 1. The number of anilines is 1. The van der Waals surface area contributed by atoms with Crippen molar-refractivity contribution in [2.75, 3.05) is 5.32 Å². The molecule has 0 aliphatic rings. The normalized spacial score (nSPS) is 11.6. The van der Waals surface area contributed by atoms with Crippen molar-refractivity contribution in [3.8, 4) is 5.69 Å².